The molecule has 0 aliphatic heterocycles. The van der Waals surface area contributed by atoms with E-state index in [1.165, 1.54) is 11.0 Å². The number of benzene rings is 2. The van der Waals surface area contributed by atoms with Crippen LogP contribution in [0.4, 0.5) is 5.69 Å². The van der Waals surface area contributed by atoms with Crippen LogP contribution in [-0.2, 0) is 0 Å². The van der Waals surface area contributed by atoms with Crippen LogP contribution in [0.25, 0.3) is 0 Å². The molecular weight excluding hydrogens is 334 g/mol. The maximum atomic E-state index is 12.5. The van der Waals surface area contributed by atoms with Gasteiger partial charge >= 0.3 is 5.97 Å². The van der Waals surface area contributed by atoms with Crippen LogP contribution in [0.15, 0.2) is 46.9 Å². The molecular formula is C16H14BrNO3. The third kappa shape index (κ3) is 3.13. The van der Waals surface area contributed by atoms with Crippen molar-refractivity contribution in [2.75, 3.05) is 11.9 Å². The van der Waals surface area contributed by atoms with Gasteiger partial charge in [0.1, 0.15) is 0 Å². The average molecular weight is 348 g/mol. The maximum Gasteiger partial charge on any atom is 0.337 e. The van der Waals surface area contributed by atoms with E-state index < -0.39 is 5.97 Å². The summed E-state index contributed by atoms with van der Waals surface area (Å²) < 4.78 is 0.924. The lowest BCUT2D eigenvalue weighted by Crippen LogP contribution is -2.28. The first-order valence-electron chi connectivity index (χ1n) is 6.28. The summed E-state index contributed by atoms with van der Waals surface area (Å²) in [6, 6.07) is 11.7. The summed E-state index contributed by atoms with van der Waals surface area (Å²) in [5, 5.41) is 9.20. The molecule has 0 fully saturated rings. The normalized spacial score (nSPS) is 10.2. The van der Waals surface area contributed by atoms with Gasteiger partial charge in [-0.25, -0.2) is 4.79 Å². The van der Waals surface area contributed by atoms with Crippen molar-refractivity contribution in [3.05, 3.63) is 63.6 Å². The van der Waals surface area contributed by atoms with Gasteiger partial charge in [0.05, 0.1) is 11.3 Å². The van der Waals surface area contributed by atoms with Crippen LogP contribution in [0, 0.1) is 6.92 Å². The molecule has 0 heterocycles. The zero-order chi connectivity index (χ0) is 15.6. The van der Waals surface area contributed by atoms with Crippen molar-refractivity contribution in [2.45, 2.75) is 6.92 Å². The van der Waals surface area contributed by atoms with Crippen LogP contribution >= 0.6 is 15.9 Å². The van der Waals surface area contributed by atoms with Crippen LogP contribution in [0.5, 0.6) is 0 Å². The molecule has 0 aliphatic carbocycles. The van der Waals surface area contributed by atoms with Gasteiger partial charge in [-0.1, -0.05) is 28.1 Å². The fraction of sp³-hybridized carbons (Fsp3) is 0.125. The maximum absolute atomic E-state index is 12.5. The molecule has 0 bridgehead atoms. The minimum atomic E-state index is -1.06. The summed E-state index contributed by atoms with van der Waals surface area (Å²) in [5.41, 5.74) is 1.93. The SMILES string of the molecule is Cc1cc(C(=O)N(C)c2ccccc2C(=O)O)ccc1Br. The van der Waals surface area contributed by atoms with Crippen molar-refractivity contribution in [1.29, 1.82) is 0 Å². The van der Waals surface area contributed by atoms with Gasteiger partial charge in [0, 0.05) is 17.1 Å². The molecule has 0 saturated heterocycles. The molecule has 0 saturated carbocycles. The Hall–Kier alpha value is -2.14. The number of rotatable bonds is 3. The Morgan fingerprint density at radius 2 is 1.81 bits per heavy atom. The third-order valence-electron chi connectivity index (χ3n) is 3.21. The Morgan fingerprint density at radius 3 is 2.43 bits per heavy atom. The third-order valence-corrected chi connectivity index (χ3v) is 4.10. The predicted molar refractivity (Wildman–Crippen MR) is 85.0 cm³/mol. The number of hydrogen-bond donors (Lipinski definition) is 1. The number of carbonyl (C=O) groups is 2. The number of carbonyl (C=O) groups excluding carboxylic acids is 1. The van der Waals surface area contributed by atoms with E-state index in [-0.39, 0.29) is 11.5 Å². The van der Waals surface area contributed by atoms with Crippen LogP contribution in [0.3, 0.4) is 0 Å². The Balaban J connectivity index is 2.40. The topological polar surface area (TPSA) is 57.6 Å². The lowest BCUT2D eigenvalue weighted by atomic mass is 10.1. The van der Waals surface area contributed by atoms with Gasteiger partial charge < -0.3 is 10.0 Å². The summed E-state index contributed by atoms with van der Waals surface area (Å²) in [7, 11) is 1.57. The lowest BCUT2D eigenvalue weighted by Gasteiger charge is -2.19. The second-order valence-corrected chi connectivity index (χ2v) is 5.50. The number of hydrogen-bond acceptors (Lipinski definition) is 2. The molecule has 1 N–H and O–H groups in total. The molecule has 4 nitrogen and oxygen atoms in total. The number of aryl methyl sites for hydroxylation is 1. The van der Waals surface area contributed by atoms with E-state index in [0.717, 1.165) is 10.0 Å². The number of para-hydroxylation sites is 1. The van der Waals surface area contributed by atoms with E-state index in [4.69, 9.17) is 0 Å². The molecule has 2 rings (SSSR count). The van der Waals surface area contributed by atoms with Crippen LogP contribution in [0.2, 0.25) is 0 Å². The van der Waals surface area contributed by atoms with Gasteiger partial charge in [0.25, 0.3) is 5.91 Å². The molecule has 21 heavy (non-hydrogen) atoms. The summed E-state index contributed by atoms with van der Waals surface area (Å²) >= 11 is 3.39. The Morgan fingerprint density at radius 1 is 1.14 bits per heavy atom. The highest BCUT2D eigenvalue weighted by molar-refractivity contribution is 9.10. The highest BCUT2D eigenvalue weighted by Gasteiger charge is 2.19. The molecule has 5 heteroatoms. The molecule has 0 atom stereocenters. The number of anilines is 1. The first kappa shape index (κ1) is 15.3. The van der Waals surface area contributed by atoms with Crippen molar-refractivity contribution >= 4 is 33.5 Å². The van der Waals surface area contributed by atoms with Gasteiger partial charge in [-0.15, -0.1) is 0 Å². The van der Waals surface area contributed by atoms with Gasteiger partial charge in [-0.3, -0.25) is 4.79 Å². The fourth-order valence-corrected chi connectivity index (χ4v) is 2.27. The minimum absolute atomic E-state index is 0.0992. The minimum Gasteiger partial charge on any atom is -0.478 e. The molecule has 2 aromatic carbocycles. The second kappa shape index (κ2) is 6.10. The van der Waals surface area contributed by atoms with Crippen molar-refractivity contribution in [1.82, 2.24) is 0 Å². The van der Waals surface area contributed by atoms with Crippen LogP contribution in [-0.4, -0.2) is 24.0 Å². The highest BCUT2D eigenvalue weighted by atomic mass is 79.9. The van der Waals surface area contributed by atoms with E-state index in [1.54, 1.807) is 43.4 Å². The summed E-state index contributed by atoms with van der Waals surface area (Å²) in [5.74, 6) is -1.31. The molecule has 1 amide bonds. The largest absolute Gasteiger partial charge is 0.478 e. The van der Waals surface area contributed by atoms with E-state index >= 15 is 0 Å². The van der Waals surface area contributed by atoms with Gasteiger partial charge in [0.15, 0.2) is 0 Å². The van der Waals surface area contributed by atoms with Gasteiger partial charge in [0.2, 0.25) is 0 Å². The summed E-state index contributed by atoms with van der Waals surface area (Å²) in [6.45, 7) is 1.89. The zero-order valence-electron chi connectivity index (χ0n) is 11.6. The van der Waals surface area contributed by atoms with Crippen LogP contribution in [0.1, 0.15) is 26.3 Å². The van der Waals surface area contributed by atoms with E-state index in [2.05, 4.69) is 15.9 Å². The lowest BCUT2D eigenvalue weighted by molar-refractivity contribution is 0.0697. The number of nitrogens with zero attached hydrogens (tertiary/aromatic N) is 1. The Labute approximate surface area is 131 Å². The molecule has 2 aromatic rings. The molecule has 0 spiro atoms. The zero-order valence-corrected chi connectivity index (χ0v) is 13.2. The summed E-state index contributed by atoms with van der Waals surface area (Å²) in [4.78, 5) is 25.1. The van der Waals surface area contributed by atoms with Crippen molar-refractivity contribution in [3.8, 4) is 0 Å². The fourth-order valence-electron chi connectivity index (χ4n) is 2.03. The van der Waals surface area contributed by atoms with Crippen molar-refractivity contribution in [2.24, 2.45) is 0 Å². The number of carboxylic acids is 1. The van der Waals surface area contributed by atoms with E-state index in [0.29, 0.717) is 11.3 Å². The molecule has 0 aliphatic rings. The monoisotopic (exact) mass is 347 g/mol. The molecule has 0 aromatic heterocycles. The molecule has 108 valence electrons. The van der Waals surface area contributed by atoms with Crippen LogP contribution < -0.4 is 4.90 Å². The number of amides is 1. The molecule has 0 unspecified atom stereocenters. The first-order chi connectivity index (χ1) is 9.91. The van der Waals surface area contributed by atoms with E-state index in [1.807, 2.05) is 6.92 Å². The van der Waals surface area contributed by atoms with Crippen molar-refractivity contribution in [3.63, 3.8) is 0 Å². The van der Waals surface area contributed by atoms with Gasteiger partial charge in [-0.05, 0) is 42.8 Å². The number of halogens is 1. The second-order valence-electron chi connectivity index (χ2n) is 4.65. The Kier molecular flexibility index (Phi) is 4.43. The number of carboxylic acid groups (broad SMARTS) is 1. The molecule has 0 radical (unpaired) electrons. The predicted octanol–water partition coefficient (Wildman–Crippen LogP) is 3.73. The quantitative estimate of drug-likeness (QED) is 0.920. The van der Waals surface area contributed by atoms with E-state index in [9.17, 15) is 14.7 Å². The standard InChI is InChI=1S/C16H14BrNO3/c1-10-9-11(7-8-13(10)17)15(19)18(2)14-6-4-3-5-12(14)16(20)21/h3-9H,1-2H3,(H,20,21). The average Bonchev–Trinajstić information content (AvgIpc) is 2.48. The Bertz CT molecular complexity index is 712. The first-order valence-corrected chi connectivity index (χ1v) is 7.07. The number of aromatic carboxylic acids is 1. The highest BCUT2D eigenvalue weighted by Crippen LogP contribution is 2.23. The smallest absolute Gasteiger partial charge is 0.337 e. The summed E-state index contributed by atoms with van der Waals surface area (Å²) in [6.07, 6.45) is 0. The van der Waals surface area contributed by atoms with Crippen molar-refractivity contribution < 1.29 is 14.7 Å². The van der Waals surface area contributed by atoms with Gasteiger partial charge in [-0.2, -0.15) is 0 Å².